The van der Waals surface area contributed by atoms with Gasteiger partial charge in [-0.2, -0.15) is 0 Å². The Kier molecular flexibility index (Phi) is 7.73. The van der Waals surface area contributed by atoms with Gasteiger partial charge in [-0.15, -0.1) is 0 Å². The molecule has 5 aromatic rings. The maximum atomic E-state index is 14.0. The lowest BCUT2D eigenvalue weighted by atomic mass is 9.95. The first-order valence-electron chi connectivity index (χ1n) is 13.3. The largest absolute Gasteiger partial charge is 0.497 e. The fourth-order valence-electron chi connectivity index (χ4n) is 5.03. The molecule has 0 spiro atoms. The number of hydrogen-bond donors (Lipinski definition) is 1. The zero-order chi connectivity index (χ0) is 31.0. The quantitative estimate of drug-likeness (QED) is 0.182. The van der Waals surface area contributed by atoms with E-state index in [4.69, 9.17) is 20.8 Å². The first-order chi connectivity index (χ1) is 21.2. The second kappa shape index (κ2) is 11.8. The molecule has 3 heterocycles. The number of ether oxygens (including phenoxy) is 1. The highest BCUT2D eigenvalue weighted by Crippen LogP contribution is 2.34. The number of halogens is 1. The third-order valence-corrected chi connectivity index (χ3v) is 8.25. The number of carbonyl (C=O) groups excluding carboxylic acids is 1. The van der Waals surface area contributed by atoms with E-state index in [1.54, 1.807) is 62.6 Å². The molecule has 220 valence electrons. The molecule has 12 heteroatoms. The number of fused-ring (bicyclic) bond motifs is 1. The zero-order valence-electron chi connectivity index (χ0n) is 23.3. The van der Waals surface area contributed by atoms with Crippen LogP contribution in [0.25, 0.3) is 17.4 Å². The normalized spacial score (nSPS) is 14.6. The molecule has 1 N–H and O–H groups in total. The molecule has 10 nitrogen and oxygen atoms in total. The van der Waals surface area contributed by atoms with Crippen LogP contribution in [0.15, 0.2) is 110 Å². The van der Waals surface area contributed by atoms with Crippen LogP contribution in [0.3, 0.4) is 0 Å². The number of allylic oxidation sites excluding steroid dienone is 1. The van der Waals surface area contributed by atoms with Gasteiger partial charge in [-0.05, 0) is 61.0 Å². The van der Waals surface area contributed by atoms with Crippen molar-refractivity contribution in [3.63, 3.8) is 0 Å². The molecule has 0 saturated heterocycles. The number of anilines is 1. The van der Waals surface area contributed by atoms with Crippen LogP contribution in [0.1, 0.15) is 24.3 Å². The Balaban J connectivity index is 1.46. The minimum atomic E-state index is -0.795. The molecule has 44 heavy (non-hydrogen) atoms. The summed E-state index contributed by atoms with van der Waals surface area (Å²) in [4.78, 5) is 43.8. The summed E-state index contributed by atoms with van der Waals surface area (Å²) in [6.07, 6.45) is 1.56. The summed E-state index contributed by atoms with van der Waals surface area (Å²) in [5, 5.41) is 14.7. The number of furan rings is 1. The molecular weight excluding hydrogens is 604 g/mol. The number of carbonyl (C=O) groups is 1. The van der Waals surface area contributed by atoms with E-state index in [1.165, 1.54) is 22.8 Å². The van der Waals surface area contributed by atoms with Crippen LogP contribution in [0.4, 0.5) is 11.4 Å². The number of hydrogen-bond acceptors (Lipinski definition) is 8. The van der Waals surface area contributed by atoms with Crippen molar-refractivity contribution < 1.29 is 18.9 Å². The number of methoxy groups -OCH3 is 1. The first kappa shape index (κ1) is 28.8. The monoisotopic (exact) mass is 626 g/mol. The van der Waals surface area contributed by atoms with Gasteiger partial charge >= 0.3 is 0 Å². The van der Waals surface area contributed by atoms with Gasteiger partial charge in [-0.3, -0.25) is 24.3 Å². The number of nitrogens with one attached hydrogen (secondary N) is 1. The Labute approximate surface area is 259 Å². The molecule has 0 bridgehead atoms. The summed E-state index contributed by atoms with van der Waals surface area (Å²) in [6.45, 7) is 1.74. The van der Waals surface area contributed by atoms with Gasteiger partial charge in [0.05, 0.1) is 39.4 Å². The molecule has 1 atom stereocenters. The molecule has 6 rings (SSSR count). The van der Waals surface area contributed by atoms with Gasteiger partial charge in [0.15, 0.2) is 4.80 Å². The number of thiazole rings is 1. The second-order valence-electron chi connectivity index (χ2n) is 9.80. The highest BCUT2D eigenvalue weighted by molar-refractivity contribution is 7.07. The molecule has 0 radical (unpaired) electrons. The molecule has 0 fully saturated rings. The summed E-state index contributed by atoms with van der Waals surface area (Å²) in [6, 6.07) is 23.0. The summed E-state index contributed by atoms with van der Waals surface area (Å²) in [7, 11) is 1.55. The van der Waals surface area contributed by atoms with E-state index >= 15 is 0 Å². The third-order valence-electron chi connectivity index (χ3n) is 7.03. The minimum absolute atomic E-state index is 0.201. The van der Waals surface area contributed by atoms with E-state index in [-0.39, 0.29) is 33.5 Å². The van der Waals surface area contributed by atoms with E-state index in [9.17, 15) is 19.7 Å². The van der Waals surface area contributed by atoms with Crippen molar-refractivity contribution in [3.05, 3.63) is 142 Å². The van der Waals surface area contributed by atoms with E-state index in [2.05, 4.69) is 10.3 Å². The Hall–Kier alpha value is -5.26. The van der Waals surface area contributed by atoms with Crippen molar-refractivity contribution in [2.24, 2.45) is 4.99 Å². The van der Waals surface area contributed by atoms with Crippen molar-refractivity contribution in [1.29, 1.82) is 0 Å². The SMILES string of the molecule is COc1cccc([C@@H]2C(C(=O)Nc3ccccc3)=C(C)N=c3s/c(=C\c4ccc(-c5ccc(Cl)cc5[N+](=O)[O-])o4)c(=O)n32)c1. The summed E-state index contributed by atoms with van der Waals surface area (Å²) < 4.78 is 13.2. The van der Waals surface area contributed by atoms with Crippen molar-refractivity contribution >= 4 is 46.3 Å². The fourth-order valence-corrected chi connectivity index (χ4v) is 6.22. The average Bonchev–Trinajstić information content (AvgIpc) is 3.60. The van der Waals surface area contributed by atoms with Crippen molar-refractivity contribution in [3.8, 4) is 17.1 Å². The van der Waals surface area contributed by atoms with Crippen molar-refractivity contribution in [2.75, 3.05) is 12.4 Å². The number of nitro groups is 1. The van der Waals surface area contributed by atoms with Crippen molar-refractivity contribution in [1.82, 2.24) is 4.57 Å². The fraction of sp³-hybridized carbons (Fsp3) is 0.0938. The van der Waals surface area contributed by atoms with Crippen LogP contribution < -0.4 is 24.9 Å². The van der Waals surface area contributed by atoms with E-state index < -0.39 is 11.0 Å². The molecule has 1 amide bonds. The topological polar surface area (TPSA) is 129 Å². The van der Waals surface area contributed by atoms with E-state index in [1.807, 2.05) is 24.3 Å². The van der Waals surface area contributed by atoms with Gasteiger partial charge < -0.3 is 14.5 Å². The van der Waals surface area contributed by atoms with Gasteiger partial charge in [-0.25, -0.2) is 4.99 Å². The highest BCUT2D eigenvalue weighted by atomic mass is 35.5. The standard InChI is InChI=1S/C32H23ClN4O6S/c1-18-28(30(38)35-21-8-4-3-5-9-21)29(19-7-6-10-22(15-19)42-2)36-31(39)27(44-32(36)34-18)17-23-12-14-26(43-23)24-13-11-20(33)16-25(24)37(40)41/h3-17,29H,1-2H3,(H,35,38)/b27-17-/t29-/m1/s1. The Morgan fingerprint density at radius 2 is 1.91 bits per heavy atom. The van der Waals surface area contributed by atoms with Gasteiger partial charge in [0.1, 0.15) is 17.3 Å². The van der Waals surface area contributed by atoms with Crippen LogP contribution in [-0.2, 0) is 4.79 Å². The molecule has 3 aromatic carbocycles. The lowest BCUT2D eigenvalue weighted by Gasteiger charge is -2.25. The summed E-state index contributed by atoms with van der Waals surface area (Å²) >= 11 is 7.11. The highest BCUT2D eigenvalue weighted by Gasteiger charge is 2.33. The third kappa shape index (κ3) is 5.46. The number of rotatable bonds is 7. The second-order valence-corrected chi connectivity index (χ2v) is 11.2. The Morgan fingerprint density at radius 1 is 1.11 bits per heavy atom. The molecule has 0 aliphatic carbocycles. The predicted molar refractivity (Wildman–Crippen MR) is 168 cm³/mol. The molecular formula is C32H23ClN4O6S. The maximum Gasteiger partial charge on any atom is 0.281 e. The predicted octanol–water partition coefficient (Wildman–Crippen LogP) is 5.70. The number of para-hydroxylation sites is 1. The van der Waals surface area contributed by atoms with Gasteiger partial charge in [0.2, 0.25) is 0 Å². The van der Waals surface area contributed by atoms with Gasteiger partial charge in [0, 0.05) is 22.9 Å². The van der Waals surface area contributed by atoms with Crippen molar-refractivity contribution in [2.45, 2.75) is 13.0 Å². The molecule has 0 saturated carbocycles. The minimum Gasteiger partial charge on any atom is -0.497 e. The van der Waals surface area contributed by atoms with Crippen LogP contribution in [0, 0.1) is 10.1 Å². The first-order valence-corrected chi connectivity index (χ1v) is 14.5. The van der Waals surface area contributed by atoms with Crippen LogP contribution in [0.2, 0.25) is 5.02 Å². The molecule has 2 aromatic heterocycles. The lowest BCUT2D eigenvalue weighted by molar-refractivity contribution is -0.384. The number of nitro benzene ring substituents is 1. The maximum absolute atomic E-state index is 14.0. The molecule has 0 unspecified atom stereocenters. The number of nitrogens with zero attached hydrogens (tertiary/aromatic N) is 3. The zero-order valence-corrected chi connectivity index (χ0v) is 24.9. The number of benzene rings is 3. The number of amides is 1. The Bertz CT molecular complexity index is 2150. The van der Waals surface area contributed by atoms with Gasteiger partial charge in [-0.1, -0.05) is 53.3 Å². The van der Waals surface area contributed by atoms with E-state index in [0.717, 1.165) is 11.3 Å². The van der Waals surface area contributed by atoms with Crippen LogP contribution in [0.5, 0.6) is 5.75 Å². The molecule has 1 aliphatic heterocycles. The smallest absolute Gasteiger partial charge is 0.281 e. The summed E-state index contributed by atoms with van der Waals surface area (Å²) in [5.74, 6) is 0.740. The average molecular weight is 627 g/mol. The Morgan fingerprint density at radius 3 is 2.66 bits per heavy atom. The van der Waals surface area contributed by atoms with Crippen LogP contribution >= 0.6 is 22.9 Å². The molecule has 1 aliphatic rings. The van der Waals surface area contributed by atoms with E-state index in [0.29, 0.717) is 43.4 Å². The lowest BCUT2D eigenvalue weighted by Crippen LogP contribution is -2.40. The van der Waals surface area contributed by atoms with Gasteiger partial charge in [0.25, 0.3) is 17.2 Å². The summed E-state index contributed by atoms with van der Waals surface area (Å²) in [5.41, 5.74) is 1.73. The number of aromatic nitrogens is 1. The van der Waals surface area contributed by atoms with Crippen LogP contribution in [-0.4, -0.2) is 22.5 Å².